The van der Waals surface area contributed by atoms with Crippen LogP contribution in [0.3, 0.4) is 0 Å². The number of hydrogen-bond acceptors (Lipinski definition) is 4. The Hall–Kier alpha value is -2.44. The molecule has 3 aromatic rings. The van der Waals surface area contributed by atoms with Crippen LogP contribution in [0.15, 0.2) is 49.2 Å². The zero-order valence-electron chi connectivity index (χ0n) is 15.9. The third-order valence-electron chi connectivity index (χ3n) is 5.57. The average molecular weight is 365 g/mol. The summed E-state index contributed by atoms with van der Waals surface area (Å²) >= 11 is 0. The molecule has 1 unspecified atom stereocenters. The van der Waals surface area contributed by atoms with Crippen molar-refractivity contribution in [3.63, 3.8) is 0 Å². The lowest BCUT2D eigenvalue weighted by Gasteiger charge is -2.18. The van der Waals surface area contributed by atoms with E-state index in [9.17, 15) is 5.11 Å². The van der Waals surface area contributed by atoms with Crippen LogP contribution in [0.5, 0.6) is 0 Å². The van der Waals surface area contributed by atoms with Crippen molar-refractivity contribution in [2.75, 3.05) is 0 Å². The maximum absolute atomic E-state index is 10.5. The summed E-state index contributed by atoms with van der Waals surface area (Å²) in [7, 11) is 1.97. The standard InChI is InChI=1S/C21H27N5O/c1-15-3-4-17(18(9-15)20-5-6-24-25(20)2)12-23-19-10-16(11-21(19)27)13-26-8-7-22-14-26/h3-9,14,16,19,21,23,27H,10-13H2,1-2H3/t16?,19-,21-/m1/s1. The predicted octanol–water partition coefficient (Wildman–Crippen LogP) is 2.52. The summed E-state index contributed by atoms with van der Waals surface area (Å²) in [5, 5.41) is 18.4. The highest BCUT2D eigenvalue weighted by Gasteiger charge is 2.32. The van der Waals surface area contributed by atoms with Crippen LogP contribution in [0, 0.1) is 12.8 Å². The first-order valence-electron chi connectivity index (χ1n) is 9.55. The second kappa shape index (κ2) is 7.66. The van der Waals surface area contributed by atoms with Crippen molar-refractivity contribution < 1.29 is 5.11 Å². The van der Waals surface area contributed by atoms with Crippen LogP contribution in [-0.2, 0) is 20.1 Å². The Morgan fingerprint density at radius 1 is 1.22 bits per heavy atom. The van der Waals surface area contributed by atoms with Gasteiger partial charge in [0.25, 0.3) is 0 Å². The molecule has 6 heteroatoms. The van der Waals surface area contributed by atoms with Gasteiger partial charge in [0.05, 0.1) is 18.1 Å². The van der Waals surface area contributed by atoms with Crippen LogP contribution in [-0.4, -0.2) is 36.6 Å². The van der Waals surface area contributed by atoms with E-state index in [-0.39, 0.29) is 12.1 Å². The van der Waals surface area contributed by atoms with Crippen molar-refractivity contribution in [1.29, 1.82) is 0 Å². The highest BCUT2D eigenvalue weighted by molar-refractivity contribution is 5.64. The van der Waals surface area contributed by atoms with E-state index in [0.29, 0.717) is 5.92 Å². The fourth-order valence-electron chi connectivity index (χ4n) is 4.14. The molecule has 0 aliphatic heterocycles. The summed E-state index contributed by atoms with van der Waals surface area (Å²) in [6.45, 7) is 3.76. The molecule has 2 N–H and O–H groups in total. The predicted molar refractivity (Wildman–Crippen MR) is 105 cm³/mol. The van der Waals surface area contributed by atoms with E-state index in [4.69, 9.17) is 0 Å². The summed E-state index contributed by atoms with van der Waals surface area (Å²) < 4.78 is 4.00. The minimum atomic E-state index is -0.302. The van der Waals surface area contributed by atoms with Crippen LogP contribution >= 0.6 is 0 Å². The van der Waals surface area contributed by atoms with E-state index >= 15 is 0 Å². The van der Waals surface area contributed by atoms with E-state index < -0.39 is 0 Å². The minimum absolute atomic E-state index is 0.124. The van der Waals surface area contributed by atoms with Gasteiger partial charge in [-0.15, -0.1) is 0 Å². The number of aliphatic hydroxyl groups excluding tert-OH is 1. The van der Waals surface area contributed by atoms with Gasteiger partial charge in [-0.05, 0) is 43.4 Å². The van der Waals surface area contributed by atoms with Gasteiger partial charge in [0.15, 0.2) is 0 Å². The summed E-state index contributed by atoms with van der Waals surface area (Å²) in [6, 6.07) is 8.70. The lowest BCUT2D eigenvalue weighted by molar-refractivity contribution is 0.145. The molecule has 0 spiro atoms. The number of nitrogens with zero attached hydrogens (tertiary/aromatic N) is 4. The molecule has 2 aromatic heterocycles. The smallest absolute Gasteiger partial charge is 0.0945 e. The zero-order valence-corrected chi connectivity index (χ0v) is 15.9. The van der Waals surface area contributed by atoms with Crippen LogP contribution in [0.25, 0.3) is 11.3 Å². The molecule has 3 atom stereocenters. The second-order valence-electron chi connectivity index (χ2n) is 7.65. The molecule has 0 amide bonds. The Balaban J connectivity index is 1.44. The third-order valence-corrected chi connectivity index (χ3v) is 5.57. The van der Waals surface area contributed by atoms with Gasteiger partial charge in [-0.2, -0.15) is 5.10 Å². The van der Waals surface area contributed by atoms with Crippen molar-refractivity contribution in [3.05, 3.63) is 60.3 Å². The highest BCUT2D eigenvalue weighted by atomic mass is 16.3. The molecule has 0 radical (unpaired) electrons. The Morgan fingerprint density at radius 2 is 2.11 bits per heavy atom. The topological polar surface area (TPSA) is 67.9 Å². The van der Waals surface area contributed by atoms with Crippen molar-refractivity contribution in [3.8, 4) is 11.3 Å². The van der Waals surface area contributed by atoms with Gasteiger partial charge in [0, 0.05) is 50.3 Å². The number of rotatable bonds is 6. The lowest BCUT2D eigenvalue weighted by atomic mass is 10.0. The first kappa shape index (κ1) is 17.9. The van der Waals surface area contributed by atoms with Gasteiger partial charge in [0.1, 0.15) is 0 Å². The van der Waals surface area contributed by atoms with Gasteiger partial charge in [0.2, 0.25) is 0 Å². The molecule has 2 heterocycles. The Labute approximate surface area is 159 Å². The monoisotopic (exact) mass is 365 g/mol. The van der Waals surface area contributed by atoms with Crippen molar-refractivity contribution in [1.82, 2.24) is 24.6 Å². The maximum Gasteiger partial charge on any atom is 0.0945 e. The molecule has 142 valence electrons. The third kappa shape index (κ3) is 3.96. The number of imidazole rings is 1. The fourth-order valence-corrected chi connectivity index (χ4v) is 4.14. The van der Waals surface area contributed by atoms with E-state index in [1.54, 1.807) is 6.20 Å². The van der Waals surface area contributed by atoms with Crippen molar-refractivity contribution >= 4 is 0 Å². The number of nitrogens with one attached hydrogen (secondary N) is 1. The van der Waals surface area contributed by atoms with Crippen LogP contribution in [0.2, 0.25) is 0 Å². The minimum Gasteiger partial charge on any atom is -0.391 e. The van der Waals surface area contributed by atoms with Gasteiger partial charge >= 0.3 is 0 Å². The van der Waals surface area contributed by atoms with E-state index in [1.165, 1.54) is 16.7 Å². The molecule has 0 bridgehead atoms. The lowest BCUT2D eigenvalue weighted by Crippen LogP contribution is -2.35. The molecule has 0 saturated heterocycles. The summed E-state index contributed by atoms with van der Waals surface area (Å²) in [5.74, 6) is 0.473. The second-order valence-corrected chi connectivity index (χ2v) is 7.65. The molecule has 1 fully saturated rings. The molecular formula is C21H27N5O. The number of aryl methyl sites for hydroxylation is 2. The van der Waals surface area contributed by atoms with Crippen molar-refractivity contribution in [2.45, 2.75) is 45.0 Å². The van der Waals surface area contributed by atoms with E-state index in [1.807, 2.05) is 36.5 Å². The Morgan fingerprint density at radius 3 is 2.85 bits per heavy atom. The van der Waals surface area contributed by atoms with Gasteiger partial charge in [-0.1, -0.05) is 17.7 Å². The van der Waals surface area contributed by atoms with Crippen LogP contribution in [0.1, 0.15) is 24.0 Å². The quantitative estimate of drug-likeness (QED) is 0.704. The first-order valence-corrected chi connectivity index (χ1v) is 9.55. The van der Waals surface area contributed by atoms with Crippen LogP contribution < -0.4 is 5.32 Å². The fraction of sp³-hybridized carbons (Fsp3) is 0.429. The first-order chi connectivity index (χ1) is 13.1. The Kier molecular flexibility index (Phi) is 5.09. The van der Waals surface area contributed by atoms with Gasteiger partial charge in [-0.25, -0.2) is 4.98 Å². The number of hydrogen-bond donors (Lipinski definition) is 2. The van der Waals surface area contributed by atoms with Gasteiger partial charge < -0.3 is 15.0 Å². The molecule has 1 aliphatic rings. The number of benzene rings is 1. The molecule has 1 aromatic carbocycles. The van der Waals surface area contributed by atoms with Crippen LogP contribution in [0.4, 0.5) is 0 Å². The SMILES string of the molecule is Cc1ccc(CN[C@@H]2CC(Cn3ccnc3)C[C@H]2O)c(-c2ccnn2C)c1. The normalized spacial score (nSPS) is 22.4. The number of aliphatic hydroxyl groups is 1. The molecule has 4 rings (SSSR count). The summed E-state index contributed by atoms with van der Waals surface area (Å²) in [6.07, 6.45) is 8.97. The molecule has 1 aliphatic carbocycles. The molecule has 27 heavy (non-hydrogen) atoms. The molecule has 1 saturated carbocycles. The van der Waals surface area contributed by atoms with Crippen molar-refractivity contribution in [2.24, 2.45) is 13.0 Å². The average Bonchev–Trinajstić information content (AvgIpc) is 3.37. The Bertz CT molecular complexity index is 886. The highest BCUT2D eigenvalue weighted by Crippen LogP contribution is 2.29. The molecular weight excluding hydrogens is 338 g/mol. The molecule has 6 nitrogen and oxygen atoms in total. The van der Waals surface area contributed by atoms with E-state index in [2.05, 4.69) is 45.1 Å². The largest absolute Gasteiger partial charge is 0.391 e. The zero-order chi connectivity index (χ0) is 18.8. The van der Waals surface area contributed by atoms with Gasteiger partial charge in [-0.3, -0.25) is 4.68 Å². The number of aromatic nitrogens is 4. The summed E-state index contributed by atoms with van der Waals surface area (Å²) in [4.78, 5) is 4.10. The maximum atomic E-state index is 10.5. The van der Waals surface area contributed by atoms with E-state index in [0.717, 1.165) is 31.6 Å². The summed E-state index contributed by atoms with van der Waals surface area (Å²) in [5.41, 5.74) is 4.77.